The van der Waals surface area contributed by atoms with E-state index in [1.807, 2.05) is 25.1 Å². The third-order valence-corrected chi connectivity index (χ3v) is 2.57. The monoisotopic (exact) mass is 208 g/mol. The van der Waals surface area contributed by atoms with Crippen LogP contribution in [-0.4, -0.2) is 5.11 Å². The predicted molar refractivity (Wildman–Crippen MR) is 59.2 cm³/mol. The molecule has 0 aliphatic heterocycles. The topological polar surface area (TPSA) is 20.2 Å². The molecule has 0 spiro atoms. The molecule has 0 heterocycles. The Morgan fingerprint density at radius 2 is 2.21 bits per heavy atom. The molecule has 0 saturated carbocycles. The standard InChI is InChI=1S/C12H13ClO/c1-3-4-8-11(14)10-7-5-6-9(2)12(10)13/h5-7,11,14H,8H2,1-2H3. The Labute approximate surface area is 89.7 Å². The SMILES string of the molecule is CC#CCC(O)c1cccc(C)c1Cl. The summed E-state index contributed by atoms with van der Waals surface area (Å²) in [5.41, 5.74) is 1.74. The quantitative estimate of drug-likeness (QED) is 0.741. The van der Waals surface area contributed by atoms with Crippen LogP contribution in [0.15, 0.2) is 18.2 Å². The third kappa shape index (κ3) is 2.51. The second-order valence-corrected chi connectivity index (χ2v) is 3.50. The number of aliphatic hydroxyl groups is 1. The number of halogens is 1. The van der Waals surface area contributed by atoms with Crippen LogP contribution in [0.4, 0.5) is 0 Å². The first-order valence-corrected chi connectivity index (χ1v) is 4.87. The summed E-state index contributed by atoms with van der Waals surface area (Å²) < 4.78 is 0. The summed E-state index contributed by atoms with van der Waals surface area (Å²) in [7, 11) is 0. The molecule has 1 unspecified atom stereocenters. The van der Waals surface area contributed by atoms with Crippen LogP contribution in [0.5, 0.6) is 0 Å². The van der Waals surface area contributed by atoms with E-state index >= 15 is 0 Å². The molecule has 0 bridgehead atoms. The molecule has 14 heavy (non-hydrogen) atoms. The van der Waals surface area contributed by atoms with Gasteiger partial charge >= 0.3 is 0 Å². The van der Waals surface area contributed by atoms with Gasteiger partial charge in [-0.1, -0.05) is 29.8 Å². The minimum Gasteiger partial charge on any atom is -0.387 e. The molecule has 0 radical (unpaired) electrons. The first-order chi connectivity index (χ1) is 6.66. The maximum absolute atomic E-state index is 9.77. The van der Waals surface area contributed by atoms with Crippen LogP contribution in [0.25, 0.3) is 0 Å². The smallest absolute Gasteiger partial charge is 0.0913 e. The lowest BCUT2D eigenvalue weighted by atomic mass is 10.0. The van der Waals surface area contributed by atoms with Crippen molar-refractivity contribution in [1.82, 2.24) is 0 Å². The Morgan fingerprint density at radius 3 is 2.86 bits per heavy atom. The van der Waals surface area contributed by atoms with Gasteiger partial charge in [0.15, 0.2) is 0 Å². The van der Waals surface area contributed by atoms with Crippen molar-refractivity contribution in [2.24, 2.45) is 0 Å². The molecule has 74 valence electrons. The third-order valence-electron chi connectivity index (χ3n) is 2.05. The minimum atomic E-state index is -0.588. The molecule has 0 saturated heterocycles. The normalized spacial score (nSPS) is 11.7. The van der Waals surface area contributed by atoms with E-state index < -0.39 is 6.10 Å². The van der Waals surface area contributed by atoms with Gasteiger partial charge in [0.25, 0.3) is 0 Å². The second-order valence-electron chi connectivity index (χ2n) is 3.12. The molecule has 0 aromatic heterocycles. The average Bonchev–Trinajstić information content (AvgIpc) is 2.18. The Morgan fingerprint density at radius 1 is 1.50 bits per heavy atom. The van der Waals surface area contributed by atoms with Gasteiger partial charge in [0.1, 0.15) is 0 Å². The van der Waals surface area contributed by atoms with Crippen molar-refractivity contribution in [2.75, 3.05) is 0 Å². The summed E-state index contributed by atoms with van der Waals surface area (Å²) in [6, 6.07) is 5.64. The highest BCUT2D eigenvalue weighted by Gasteiger charge is 2.10. The summed E-state index contributed by atoms with van der Waals surface area (Å²) in [6.07, 6.45) is -0.158. The average molecular weight is 209 g/mol. The predicted octanol–water partition coefficient (Wildman–Crippen LogP) is 3.10. The molecule has 1 N–H and O–H groups in total. The van der Waals surface area contributed by atoms with Gasteiger partial charge in [-0.2, -0.15) is 0 Å². The van der Waals surface area contributed by atoms with Crippen molar-refractivity contribution in [3.05, 3.63) is 34.3 Å². The van der Waals surface area contributed by atoms with Crippen molar-refractivity contribution in [3.63, 3.8) is 0 Å². The van der Waals surface area contributed by atoms with Gasteiger partial charge in [-0.15, -0.1) is 11.8 Å². The summed E-state index contributed by atoms with van der Waals surface area (Å²) in [6.45, 7) is 3.68. The Balaban J connectivity index is 2.93. The summed E-state index contributed by atoms with van der Waals surface area (Å²) in [5, 5.41) is 10.4. The lowest BCUT2D eigenvalue weighted by Crippen LogP contribution is -1.97. The van der Waals surface area contributed by atoms with Crippen molar-refractivity contribution in [2.45, 2.75) is 26.4 Å². The van der Waals surface area contributed by atoms with Gasteiger partial charge < -0.3 is 5.11 Å². The first kappa shape index (κ1) is 11.1. The van der Waals surface area contributed by atoms with Gasteiger partial charge in [-0.05, 0) is 19.4 Å². The minimum absolute atomic E-state index is 0.430. The fourth-order valence-corrected chi connectivity index (χ4v) is 1.49. The molecule has 1 rings (SSSR count). The van der Waals surface area contributed by atoms with E-state index in [1.54, 1.807) is 6.92 Å². The van der Waals surface area contributed by atoms with Crippen LogP contribution in [0, 0.1) is 18.8 Å². The molecule has 1 aromatic rings. The van der Waals surface area contributed by atoms with Crippen LogP contribution in [0.1, 0.15) is 30.6 Å². The molecule has 0 amide bonds. The highest BCUT2D eigenvalue weighted by atomic mass is 35.5. The van der Waals surface area contributed by atoms with Gasteiger partial charge in [-0.25, -0.2) is 0 Å². The largest absolute Gasteiger partial charge is 0.387 e. The summed E-state index contributed by atoms with van der Waals surface area (Å²) in [5.74, 6) is 5.58. The Hall–Kier alpha value is -0.970. The molecular weight excluding hydrogens is 196 g/mol. The van der Waals surface area contributed by atoms with Crippen LogP contribution in [-0.2, 0) is 0 Å². The maximum Gasteiger partial charge on any atom is 0.0913 e. The highest BCUT2D eigenvalue weighted by Crippen LogP contribution is 2.27. The van der Waals surface area contributed by atoms with Gasteiger partial charge in [0, 0.05) is 17.0 Å². The lowest BCUT2D eigenvalue weighted by molar-refractivity contribution is 0.184. The maximum atomic E-state index is 9.77. The molecule has 1 nitrogen and oxygen atoms in total. The number of aryl methyl sites for hydroxylation is 1. The van der Waals surface area contributed by atoms with Crippen LogP contribution in [0.3, 0.4) is 0 Å². The number of rotatable bonds is 2. The number of benzene rings is 1. The van der Waals surface area contributed by atoms with Crippen molar-refractivity contribution >= 4 is 11.6 Å². The van der Waals surface area contributed by atoms with Crippen LogP contribution >= 0.6 is 11.6 Å². The molecule has 0 aliphatic rings. The number of hydrogen-bond donors (Lipinski definition) is 1. The zero-order valence-electron chi connectivity index (χ0n) is 8.34. The zero-order chi connectivity index (χ0) is 10.6. The Bertz CT molecular complexity index is 374. The van der Waals surface area contributed by atoms with Crippen molar-refractivity contribution in [1.29, 1.82) is 0 Å². The van der Waals surface area contributed by atoms with Gasteiger partial charge in [0.05, 0.1) is 6.10 Å². The van der Waals surface area contributed by atoms with Crippen molar-refractivity contribution in [3.8, 4) is 11.8 Å². The molecular formula is C12H13ClO. The van der Waals surface area contributed by atoms with Gasteiger partial charge in [-0.3, -0.25) is 0 Å². The van der Waals surface area contributed by atoms with E-state index in [0.29, 0.717) is 11.4 Å². The summed E-state index contributed by atoms with van der Waals surface area (Å²) >= 11 is 6.06. The molecule has 0 aliphatic carbocycles. The van der Waals surface area contributed by atoms with E-state index in [4.69, 9.17) is 11.6 Å². The fraction of sp³-hybridized carbons (Fsp3) is 0.333. The van der Waals surface area contributed by atoms with E-state index in [2.05, 4.69) is 11.8 Å². The van der Waals surface area contributed by atoms with E-state index in [0.717, 1.165) is 11.1 Å². The number of hydrogen-bond acceptors (Lipinski definition) is 1. The lowest BCUT2D eigenvalue weighted by Gasteiger charge is -2.10. The van der Waals surface area contributed by atoms with Crippen LogP contribution in [0.2, 0.25) is 5.02 Å². The highest BCUT2D eigenvalue weighted by molar-refractivity contribution is 6.32. The van der Waals surface area contributed by atoms with E-state index in [-0.39, 0.29) is 0 Å². The fourth-order valence-electron chi connectivity index (χ4n) is 1.24. The van der Waals surface area contributed by atoms with E-state index in [1.165, 1.54) is 0 Å². The molecule has 1 atom stereocenters. The van der Waals surface area contributed by atoms with Crippen LogP contribution < -0.4 is 0 Å². The first-order valence-electron chi connectivity index (χ1n) is 4.49. The number of aliphatic hydroxyl groups excluding tert-OH is 1. The molecule has 1 aromatic carbocycles. The summed E-state index contributed by atoms with van der Waals surface area (Å²) in [4.78, 5) is 0. The second kappa shape index (κ2) is 5.05. The van der Waals surface area contributed by atoms with E-state index in [9.17, 15) is 5.11 Å². The zero-order valence-corrected chi connectivity index (χ0v) is 9.10. The molecule has 0 fully saturated rings. The van der Waals surface area contributed by atoms with Crippen molar-refractivity contribution < 1.29 is 5.11 Å². The molecule has 2 heteroatoms. The Kier molecular flexibility index (Phi) is 4.00. The van der Waals surface area contributed by atoms with Gasteiger partial charge in [0.2, 0.25) is 0 Å².